The molecule has 29 heavy (non-hydrogen) atoms. The van der Waals surface area contributed by atoms with E-state index in [9.17, 15) is 4.79 Å². The molecule has 1 aromatic carbocycles. The second kappa shape index (κ2) is 6.70. The fourth-order valence-electron chi connectivity index (χ4n) is 3.93. The van der Waals surface area contributed by atoms with Crippen molar-refractivity contribution in [1.29, 1.82) is 0 Å². The lowest BCUT2D eigenvalue weighted by atomic mass is 10.0. The number of fused-ring (bicyclic) bond motifs is 3. The highest BCUT2D eigenvalue weighted by Gasteiger charge is 2.28. The molecule has 7 nitrogen and oxygen atoms in total. The van der Waals surface area contributed by atoms with E-state index in [0.717, 1.165) is 41.5 Å². The summed E-state index contributed by atoms with van der Waals surface area (Å²) in [5.41, 5.74) is 10.6. The third kappa shape index (κ3) is 2.82. The molecule has 0 radical (unpaired) electrons. The molecule has 0 saturated heterocycles. The monoisotopic (exact) mass is 389 g/mol. The van der Waals surface area contributed by atoms with E-state index in [0.29, 0.717) is 28.6 Å². The van der Waals surface area contributed by atoms with Crippen LogP contribution in [0.3, 0.4) is 0 Å². The standard InChI is InChI=1S/C22H19N3O4/c1-27-13-6-2-5-12(11-13)24-21(26)20-18(23)17-14-7-3-8-15(14)19(25-22(17)29-20)16-9-4-10-28-16/h2,4-6,9-11H,3,7-8,23H2,1H3,(H,24,26). The van der Waals surface area contributed by atoms with Crippen LogP contribution in [-0.4, -0.2) is 18.0 Å². The first-order chi connectivity index (χ1) is 14.2. The molecule has 0 bridgehead atoms. The molecule has 3 N–H and O–H groups in total. The molecule has 1 aliphatic carbocycles. The molecule has 3 heterocycles. The molecule has 7 heteroatoms. The number of amides is 1. The third-order valence-corrected chi connectivity index (χ3v) is 5.23. The number of rotatable bonds is 4. The first kappa shape index (κ1) is 17.4. The number of hydrogen-bond acceptors (Lipinski definition) is 6. The van der Waals surface area contributed by atoms with Crippen LogP contribution in [-0.2, 0) is 12.8 Å². The summed E-state index contributed by atoms with van der Waals surface area (Å²) in [5.74, 6) is 0.950. The zero-order valence-electron chi connectivity index (χ0n) is 15.8. The van der Waals surface area contributed by atoms with Gasteiger partial charge in [0.15, 0.2) is 5.76 Å². The number of nitrogen functional groups attached to an aromatic ring is 1. The van der Waals surface area contributed by atoms with Crippen molar-refractivity contribution in [3.05, 3.63) is 59.5 Å². The molecule has 0 atom stereocenters. The van der Waals surface area contributed by atoms with Gasteiger partial charge in [-0.15, -0.1) is 0 Å². The van der Waals surface area contributed by atoms with Crippen LogP contribution in [0, 0.1) is 0 Å². The van der Waals surface area contributed by atoms with Gasteiger partial charge in [-0.1, -0.05) is 6.07 Å². The predicted octanol–water partition coefficient (Wildman–Crippen LogP) is 4.42. The number of benzene rings is 1. The van der Waals surface area contributed by atoms with Gasteiger partial charge in [0.05, 0.1) is 24.4 Å². The fourth-order valence-corrected chi connectivity index (χ4v) is 3.93. The Bertz CT molecular complexity index is 1220. The van der Waals surface area contributed by atoms with Crippen molar-refractivity contribution in [3.63, 3.8) is 0 Å². The topological polar surface area (TPSA) is 104 Å². The smallest absolute Gasteiger partial charge is 0.293 e. The van der Waals surface area contributed by atoms with Crippen molar-refractivity contribution in [3.8, 4) is 17.2 Å². The van der Waals surface area contributed by atoms with Crippen LogP contribution in [0.15, 0.2) is 51.5 Å². The predicted molar refractivity (Wildman–Crippen MR) is 109 cm³/mol. The minimum absolute atomic E-state index is 0.0565. The summed E-state index contributed by atoms with van der Waals surface area (Å²) in [7, 11) is 1.57. The van der Waals surface area contributed by atoms with Gasteiger partial charge in [0.1, 0.15) is 11.4 Å². The quantitative estimate of drug-likeness (QED) is 0.535. The van der Waals surface area contributed by atoms with Gasteiger partial charge in [-0.25, -0.2) is 4.98 Å². The molecule has 0 unspecified atom stereocenters. The lowest BCUT2D eigenvalue weighted by Crippen LogP contribution is -2.12. The van der Waals surface area contributed by atoms with Crippen LogP contribution < -0.4 is 15.8 Å². The van der Waals surface area contributed by atoms with Crippen molar-refractivity contribution in [2.45, 2.75) is 19.3 Å². The first-order valence-corrected chi connectivity index (χ1v) is 9.38. The number of carbonyl (C=O) groups excluding carboxylic acids is 1. The molecular weight excluding hydrogens is 370 g/mol. The van der Waals surface area contributed by atoms with Gasteiger partial charge < -0.3 is 24.6 Å². The zero-order chi connectivity index (χ0) is 20.0. The second-order valence-electron chi connectivity index (χ2n) is 6.96. The molecular formula is C22H19N3O4. The lowest BCUT2D eigenvalue weighted by Gasteiger charge is -2.06. The maximum Gasteiger partial charge on any atom is 0.293 e. The number of hydrogen-bond donors (Lipinski definition) is 2. The van der Waals surface area contributed by atoms with Crippen LogP contribution >= 0.6 is 0 Å². The van der Waals surface area contributed by atoms with Crippen molar-refractivity contribution >= 4 is 28.4 Å². The van der Waals surface area contributed by atoms with Crippen molar-refractivity contribution in [2.75, 3.05) is 18.2 Å². The Balaban J connectivity index is 1.59. The molecule has 0 spiro atoms. The molecule has 0 saturated carbocycles. The summed E-state index contributed by atoms with van der Waals surface area (Å²) in [4.78, 5) is 17.5. The van der Waals surface area contributed by atoms with E-state index in [2.05, 4.69) is 10.3 Å². The Morgan fingerprint density at radius 2 is 2.07 bits per heavy atom. The largest absolute Gasteiger partial charge is 0.497 e. The lowest BCUT2D eigenvalue weighted by molar-refractivity contribution is 0.0999. The minimum atomic E-state index is -0.431. The average molecular weight is 389 g/mol. The highest BCUT2D eigenvalue weighted by molar-refractivity contribution is 6.11. The van der Waals surface area contributed by atoms with E-state index in [4.69, 9.17) is 19.3 Å². The van der Waals surface area contributed by atoms with Gasteiger partial charge in [0.2, 0.25) is 11.5 Å². The highest BCUT2D eigenvalue weighted by atomic mass is 16.5. The fraction of sp³-hybridized carbons (Fsp3) is 0.182. The summed E-state index contributed by atoms with van der Waals surface area (Å²) in [5, 5.41) is 3.53. The number of ether oxygens (including phenoxy) is 1. The molecule has 0 fully saturated rings. The summed E-state index contributed by atoms with van der Waals surface area (Å²) in [6.45, 7) is 0. The van der Waals surface area contributed by atoms with Gasteiger partial charge in [0, 0.05) is 11.8 Å². The van der Waals surface area contributed by atoms with Crippen LogP contribution in [0.2, 0.25) is 0 Å². The van der Waals surface area contributed by atoms with E-state index >= 15 is 0 Å². The number of carbonyl (C=O) groups is 1. The summed E-state index contributed by atoms with van der Waals surface area (Å²) in [6, 6.07) is 10.8. The van der Waals surface area contributed by atoms with Crippen LogP contribution in [0.4, 0.5) is 11.4 Å². The number of nitrogens with two attached hydrogens (primary N) is 1. The molecule has 4 aromatic rings. The van der Waals surface area contributed by atoms with Gasteiger partial charge >= 0.3 is 0 Å². The Morgan fingerprint density at radius 1 is 1.21 bits per heavy atom. The van der Waals surface area contributed by atoms with Crippen molar-refractivity contribution in [1.82, 2.24) is 4.98 Å². The van der Waals surface area contributed by atoms with Gasteiger partial charge in [-0.2, -0.15) is 0 Å². The minimum Gasteiger partial charge on any atom is -0.497 e. The van der Waals surface area contributed by atoms with Crippen molar-refractivity contribution in [2.24, 2.45) is 0 Å². The maximum absolute atomic E-state index is 12.8. The maximum atomic E-state index is 12.8. The van der Waals surface area contributed by atoms with E-state index in [1.165, 1.54) is 0 Å². The van der Waals surface area contributed by atoms with Gasteiger partial charge in [-0.3, -0.25) is 4.79 Å². The van der Waals surface area contributed by atoms with E-state index in [-0.39, 0.29) is 5.76 Å². The van der Waals surface area contributed by atoms with Crippen LogP contribution in [0.5, 0.6) is 5.75 Å². The Hall–Kier alpha value is -3.74. The number of aromatic nitrogens is 1. The Morgan fingerprint density at radius 3 is 2.86 bits per heavy atom. The number of pyridine rings is 1. The van der Waals surface area contributed by atoms with E-state index in [1.54, 1.807) is 37.6 Å². The summed E-state index contributed by atoms with van der Waals surface area (Å²) >= 11 is 0. The second-order valence-corrected chi connectivity index (χ2v) is 6.96. The molecule has 3 aromatic heterocycles. The molecule has 0 aliphatic heterocycles. The summed E-state index contributed by atoms with van der Waals surface area (Å²) in [6.07, 6.45) is 4.37. The molecule has 1 aliphatic rings. The van der Waals surface area contributed by atoms with Gasteiger partial charge in [-0.05, 0) is 54.7 Å². The Labute approximate surface area is 166 Å². The number of aryl methyl sites for hydroxylation is 1. The Kier molecular flexibility index (Phi) is 4.01. The highest BCUT2D eigenvalue weighted by Crippen LogP contribution is 2.40. The van der Waals surface area contributed by atoms with E-state index in [1.807, 2.05) is 12.1 Å². The zero-order valence-corrected chi connectivity index (χ0v) is 15.8. The SMILES string of the molecule is COc1cccc(NC(=O)c2oc3nc(-c4ccco4)c4c(c3c2N)CCC4)c1. The first-order valence-electron chi connectivity index (χ1n) is 9.38. The number of methoxy groups -OCH3 is 1. The number of furan rings is 2. The van der Waals surface area contributed by atoms with Crippen LogP contribution in [0.25, 0.3) is 22.6 Å². The normalized spacial score (nSPS) is 12.9. The number of nitrogens with one attached hydrogen (secondary N) is 1. The van der Waals surface area contributed by atoms with Gasteiger partial charge in [0.25, 0.3) is 5.91 Å². The average Bonchev–Trinajstić information content (AvgIpc) is 3.47. The summed E-state index contributed by atoms with van der Waals surface area (Å²) < 4.78 is 16.6. The molecule has 1 amide bonds. The third-order valence-electron chi connectivity index (χ3n) is 5.23. The van der Waals surface area contributed by atoms with Crippen molar-refractivity contribution < 1.29 is 18.4 Å². The molecule has 146 valence electrons. The van der Waals surface area contributed by atoms with Crippen LogP contribution in [0.1, 0.15) is 28.1 Å². The molecule has 5 rings (SSSR count). The number of nitrogens with zero attached hydrogens (tertiary/aromatic N) is 1. The van der Waals surface area contributed by atoms with E-state index < -0.39 is 5.91 Å². The number of anilines is 2.